The lowest BCUT2D eigenvalue weighted by atomic mass is 10.1. The van der Waals surface area contributed by atoms with Crippen LogP contribution in [0, 0.1) is 0 Å². The van der Waals surface area contributed by atoms with E-state index in [0.29, 0.717) is 59.1 Å². The molecule has 1 aliphatic rings. The number of benzene rings is 1. The Morgan fingerprint density at radius 3 is 2.68 bits per heavy atom. The first-order valence-electron chi connectivity index (χ1n) is 13.2. The molecular formula is C27H32ClN5O6S2. The average Bonchev–Trinajstić information content (AvgIpc) is 3.69. The molecule has 1 saturated heterocycles. The molecule has 14 heteroatoms. The number of aryl methyl sites for hydroxylation is 2. The first-order chi connectivity index (χ1) is 19.6. The van der Waals surface area contributed by atoms with Crippen molar-refractivity contribution in [2.45, 2.75) is 50.0 Å². The van der Waals surface area contributed by atoms with Gasteiger partial charge in [-0.2, -0.15) is 4.72 Å². The minimum absolute atomic E-state index is 0.0329. The summed E-state index contributed by atoms with van der Waals surface area (Å²) in [4.78, 5) is 44.3. The van der Waals surface area contributed by atoms with E-state index < -0.39 is 27.9 Å². The number of nitrogens with one attached hydrogen (secondary N) is 2. The van der Waals surface area contributed by atoms with Gasteiger partial charge in [0.2, 0.25) is 15.9 Å². The molecular weight excluding hydrogens is 590 g/mol. The Labute approximate surface area is 247 Å². The normalized spacial score (nSPS) is 14.3. The number of ether oxygens (including phenoxy) is 1. The van der Waals surface area contributed by atoms with E-state index in [-0.39, 0.29) is 24.0 Å². The molecule has 3 aromatic rings. The summed E-state index contributed by atoms with van der Waals surface area (Å²) in [6, 6.07) is 6.43. The third kappa shape index (κ3) is 7.53. The van der Waals surface area contributed by atoms with E-state index in [9.17, 15) is 22.8 Å². The number of nitrogens with zero attached hydrogens (tertiary/aromatic N) is 3. The fourth-order valence-electron chi connectivity index (χ4n) is 4.60. The SMILES string of the molecule is CCc1c(N2CCCC2=O)cccc1S(=O)(=O)N[C@@H](CNC(=O)c1ccc(Cl)s1)C(=O)OCCCc1nccn1C. The highest BCUT2D eigenvalue weighted by atomic mass is 35.5. The molecule has 220 valence electrons. The number of aromatic nitrogens is 2. The van der Waals surface area contributed by atoms with Crippen molar-refractivity contribution in [1.82, 2.24) is 19.6 Å². The summed E-state index contributed by atoms with van der Waals surface area (Å²) in [5, 5.41) is 2.60. The summed E-state index contributed by atoms with van der Waals surface area (Å²) in [6.07, 6.45) is 5.97. The Kier molecular flexibility index (Phi) is 10.2. The van der Waals surface area contributed by atoms with Gasteiger partial charge in [-0.15, -0.1) is 11.3 Å². The number of halogens is 1. The second kappa shape index (κ2) is 13.6. The van der Waals surface area contributed by atoms with Crippen molar-refractivity contribution in [3.8, 4) is 0 Å². The van der Waals surface area contributed by atoms with Gasteiger partial charge in [0.15, 0.2) is 0 Å². The average molecular weight is 622 g/mol. The van der Waals surface area contributed by atoms with Crippen LogP contribution in [0.4, 0.5) is 5.69 Å². The van der Waals surface area contributed by atoms with Gasteiger partial charge in [-0.25, -0.2) is 13.4 Å². The van der Waals surface area contributed by atoms with Gasteiger partial charge >= 0.3 is 5.97 Å². The maximum Gasteiger partial charge on any atom is 0.326 e. The van der Waals surface area contributed by atoms with E-state index >= 15 is 0 Å². The van der Waals surface area contributed by atoms with Gasteiger partial charge in [-0.3, -0.25) is 14.4 Å². The lowest BCUT2D eigenvalue weighted by molar-refractivity contribution is -0.145. The molecule has 1 fully saturated rings. The number of thiophene rings is 1. The fraction of sp³-hybridized carbons (Fsp3) is 0.407. The van der Waals surface area contributed by atoms with Crippen LogP contribution in [0.1, 0.15) is 47.2 Å². The van der Waals surface area contributed by atoms with Crippen LogP contribution < -0.4 is 14.9 Å². The van der Waals surface area contributed by atoms with E-state index in [1.165, 1.54) is 12.1 Å². The van der Waals surface area contributed by atoms with Crippen LogP contribution >= 0.6 is 22.9 Å². The van der Waals surface area contributed by atoms with Crippen LogP contribution in [0.3, 0.4) is 0 Å². The highest BCUT2D eigenvalue weighted by molar-refractivity contribution is 7.89. The summed E-state index contributed by atoms with van der Waals surface area (Å²) >= 11 is 6.99. The highest BCUT2D eigenvalue weighted by Gasteiger charge is 2.31. The summed E-state index contributed by atoms with van der Waals surface area (Å²) in [7, 11) is -2.41. The fourth-order valence-corrected chi connectivity index (χ4v) is 7.07. The Morgan fingerprint density at radius 1 is 1.24 bits per heavy atom. The topological polar surface area (TPSA) is 140 Å². The smallest absolute Gasteiger partial charge is 0.326 e. The number of sulfonamides is 1. The molecule has 2 aromatic heterocycles. The number of carbonyl (C=O) groups is 3. The Bertz CT molecular complexity index is 1520. The van der Waals surface area contributed by atoms with Crippen molar-refractivity contribution in [3.63, 3.8) is 0 Å². The Morgan fingerprint density at radius 2 is 2.05 bits per heavy atom. The lowest BCUT2D eigenvalue weighted by Gasteiger charge is -2.23. The molecule has 4 rings (SSSR count). The molecule has 1 aromatic carbocycles. The first kappa shape index (κ1) is 30.7. The predicted molar refractivity (Wildman–Crippen MR) is 156 cm³/mol. The van der Waals surface area contributed by atoms with Gasteiger partial charge in [0.05, 0.1) is 20.7 Å². The van der Waals surface area contributed by atoms with Crippen LogP contribution in [0.25, 0.3) is 0 Å². The largest absolute Gasteiger partial charge is 0.464 e. The standard InChI is InChI=1S/C27H32ClN5O6S2/c1-3-18-20(33-14-5-10-25(33)34)7-4-8-22(18)41(37,38)31-19(17-30-26(35)21-11-12-23(28)40-21)27(36)39-16-6-9-24-29-13-15-32(24)2/h4,7-8,11-13,15,19,31H,3,5-6,9-10,14,16-17H2,1-2H3,(H,30,35)/t19-/m0/s1. The number of amides is 2. The molecule has 3 heterocycles. The van der Waals surface area contributed by atoms with Crippen molar-refractivity contribution < 1.29 is 27.5 Å². The zero-order valence-electron chi connectivity index (χ0n) is 22.8. The highest BCUT2D eigenvalue weighted by Crippen LogP contribution is 2.31. The van der Waals surface area contributed by atoms with Crippen molar-refractivity contribution in [1.29, 1.82) is 0 Å². The lowest BCUT2D eigenvalue weighted by Crippen LogP contribution is -2.49. The van der Waals surface area contributed by atoms with Gasteiger partial charge in [0, 0.05) is 51.1 Å². The van der Waals surface area contributed by atoms with Crippen molar-refractivity contribution in [2.75, 3.05) is 24.6 Å². The molecule has 2 N–H and O–H groups in total. The predicted octanol–water partition coefficient (Wildman–Crippen LogP) is 3.08. The number of esters is 1. The van der Waals surface area contributed by atoms with E-state index in [1.807, 2.05) is 17.8 Å². The van der Waals surface area contributed by atoms with Crippen molar-refractivity contribution >= 4 is 56.4 Å². The molecule has 11 nitrogen and oxygen atoms in total. The van der Waals surface area contributed by atoms with Crippen LogP contribution in [0.2, 0.25) is 4.34 Å². The number of rotatable bonds is 13. The third-order valence-electron chi connectivity index (χ3n) is 6.67. The van der Waals surface area contributed by atoms with Crippen molar-refractivity contribution in [2.24, 2.45) is 7.05 Å². The van der Waals surface area contributed by atoms with E-state index in [2.05, 4.69) is 15.0 Å². The second-order valence-corrected chi connectivity index (χ2v) is 12.9. The minimum Gasteiger partial charge on any atom is -0.464 e. The van der Waals surface area contributed by atoms with Gasteiger partial charge in [0.1, 0.15) is 11.9 Å². The Balaban J connectivity index is 1.51. The van der Waals surface area contributed by atoms with Gasteiger partial charge in [-0.1, -0.05) is 24.6 Å². The maximum absolute atomic E-state index is 13.7. The summed E-state index contributed by atoms with van der Waals surface area (Å²) < 4.78 is 37.4. The number of anilines is 1. The minimum atomic E-state index is -4.27. The van der Waals surface area contributed by atoms with E-state index in [0.717, 1.165) is 17.2 Å². The van der Waals surface area contributed by atoms with Gasteiger partial charge in [0.25, 0.3) is 5.91 Å². The summed E-state index contributed by atoms with van der Waals surface area (Å²) in [6.45, 7) is 2.00. The number of hydrogen-bond acceptors (Lipinski definition) is 8. The molecule has 0 aliphatic carbocycles. The van der Waals surface area contributed by atoms with Gasteiger partial charge < -0.3 is 19.5 Å². The molecule has 0 saturated carbocycles. The quantitative estimate of drug-likeness (QED) is 0.221. The molecule has 0 radical (unpaired) electrons. The van der Waals surface area contributed by atoms with E-state index in [4.69, 9.17) is 16.3 Å². The van der Waals surface area contributed by atoms with Crippen LogP contribution in [0.5, 0.6) is 0 Å². The number of carbonyl (C=O) groups excluding carboxylic acids is 3. The molecule has 1 atom stereocenters. The molecule has 1 aliphatic heterocycles. The monoisotopic (exact) mass is 621 g/mol. The molecule has 0 bridgehead atoms. The molecule has 0 spiro atoms. The molecule has 2 amide bonds. The Hall–Kier alpha value is -3.26. The number of imidazole rings is 1. The van der Waals surface area contributed by atoms with Crippen molar-refractivity contribution in [3.05, 3.63) is 63.3 Å². The van der Waals surface area contributed by atoms with E-state index in [1.54, 1.807) is 36.2 Å². The molecule has 41 heavy (non-hydrogen) atoms. The van der Waals surface area contributed by atoms with Gasteiger partial charge in [-0.05, 0) is 49.1 Å². The van der Waals surface area contributed by atoms with Crippen LogP contribution in [-0.4, -0.2) is 61.5 Å². The third-order valence-corrected chi connectivity index (χ3v) is 9.46. The first-order valence-corrected chi connectivity index (χ1v) is 15.9. The maximum atomic E-state index is 13.7. The molecule has 0 unspecified atom stereocenters. The second-order valence-electron chi connectivity index (χ2n) is 9.47. The van der Waals surface area contributed by atoms with Crippen LogP contribution in [-0.2, 0) is 44.2 Å². The number of hydrogen-bond donors (Lipinski definition) is 2. The summed E-state index contributed by atoms with van der Waals surface area (Å²) in [5.74, 6) is -0.575. The zero-order valence-corrected chi connectivity index (χ0v) is 25.2. The summed E-state index contributed by atoms with van der Waals surface area (Å²) in [5.41, 5.74) is 1.00. The zero-order chi connectivity index (χ0) is 29.6. The van der Waals surface area contributed by atoms with Crippen LogP contribution in [0.15, 0.2) is 47.6 Å².